The van der Waals surface area contributed by atoms with E-state index in [4.69, 9.17) is 18.9 Å². The molecule has 0 atom stereocenters. The SMILES string of the molecule is C=COCCCOc1ccc(-c2ccc(-c3ccc(OCCCOC=C)cc3)c(C)c2)cc1. The first-order valence-corrected chi connectivity index (χ1v) is 11.2. The van der Waals surface area contributed by atoms with Crippen LogP contribution in [0.25, 0.3) is 22.3 Å². The maximum Gasteiger partial charge on any atom is 0.119 e. The summed E-state index contributed by atoms with van der Waals surface area (Å²) >= 11 is 0. The van der Waals surface area contributed by atoms with E-state index >= 15 is 0 Å². The average Bonchev–Trinajstić information content (AvgIpc) is 2.85. The molecule has 0 saturated heterocycles. The zero-order valence-electron chi connectivity index (χ0n) is 19.3. The highest BCUT2D eigenvalue weighted by Gasteiger charge is 2.06. The highest BCUT2D eigenvalue weighted by molar-refractivity contribution is 5.74. The highest BCUT2D eigenvalue weighted by atomic mass is 16.5. The van der Waals surface area contributed by atoms with Crippen LogP contribution in [0.2, 0.25) is 0 Å². The lowest BCUT2D eigenvalue weighted by molar-refractivity contribution is 0.209. The first kappa shape index (κ1) is 24.0. The molecule has 4 heteroatoms. The second kappa shape index (κ2) is 13.0. The van der Waals surface area contributed by atoms with Crippen LogP contribution in [-0.4, -0.2) is 26.4 Å². The summed E-state index contributed by atoms with van der Waals surface area (Å²) < 4.78 is 21.7. The molecule has 0 fully saturated rings. The Morgan fingerprint density at radius 1 is 0.606 bits per heavy atom. The van der Waals surface area contributed by atoms with Crippen molar-refractivity contribution in [3.63, 3.8) is 0 Å². The van der Waals surface area contributed by atoms with Gasteiger partial charge < -0.3 is 18.9 Å². The standard InChI is InChI=1S/C29H32O4/c1-4-30-18-6-20-32-27-13-8-24(9-14-27)26-12-17-29(23(3)22-26)25-10-15-28(16-11-25)33-21-7-19-31-5-2/h4-5,8-17,22H,1-2,6-7,18-21H2,3H3. The van der Waals surface area contributed by atoms with Gasteiger partial charge in [-0.3, -0.25) is 0 Å². The van der Waals surface area contributed by atoms with Crippen LogP contribution in [-0.2, 0) is 9.47 Å². The van der Waals surface area contributed by atoms with Gasteiger partial charge in [0.1, 0.15) is 11.5 Å². The van der Waals surface area contributed by atoms with Crippen molar-refractivity contribution in [1.29, 1.82) is 0 Å². The molecule has 0 radical (unpaired) electrons. The van der Waals surface area contributed by atoms with Crippen LogP contribution in [0.3, 0.4) is 0 Å². The van der Waals surface area contributed by atoms with Gasteiger partial charge in [0.25, 0.3) is 0 Å². The molecule has 3 aromatic carbocycles. The molecule has 33 heavy (non-hydrogen) atoms. The lowest BCUT2D eigenvalue weighted by Crippen LogP contribution is -2.00. The van der Waals surface area contributed by atoms with Gasteiger partial charge in [0, 0.05) is 12.8 Å². The van der Waals surface area contributed by atoms with Gasteiger partial charge in [-0.2, -0.15) is 0 Å². The van der Waals surface area contributed by atoms with E-state index in [9.17, 15) is 0 Å². The maximum absolute atomic E-state index is 5.77. The smallest absolute Gasteiger partial charge is 0.119 e. The lowest BCUT2D eigenvalue weighted by Gasteiger charge is -2.11. The predicted octanol–water partition coefficient (Wildman–Crippen LogP) is 7.19. The van der Waals surface area contributed by atoms with Crippen molar-refractivity contribution in [1.82, 2.24) is 0 Å². The van der Waals surface area contributed by atoms with Crippen LogP contribution in [0, 0.1) is 6.92 Å². The molecule has 0 bridgehead atoms. The summed E-state index contributed by atoms with van der Waals surface area (Å²) in [6.07, 6.45) is 4.56. The van der Waals surface area contributed by atoms with Gasteiger partial charge in [-0.15, -0.1) is 0 Å². The molecule has 172 valence electrons. The van der Waals surface area contributed by atoms with Gasteiger partial charge in [0.15, 0.2) is 0 Å². The summed E-state index contributed by atoms with van der Waals surface area (Å²) in [5.74, 6) is 1.73. The Morgan fingerprint density at radius 3 is 1.58 bits per heavy atom. The summed E-state index contributed by atoms with van der Waals surface area (Å²) in [7, 11) is 0. The van der Waals surface area contributed by atoms with Crippen LogP contribution in [0.5, 0.6) is 11.5 Å². The summed E-state index contributed by atoms with van der Waals surface area (Å²) in [4.78, 5) is 0. The van der Waals surface area contributed by atoms with E-state index in [-0.39, 0.29) is 0 Å². The second-order valence-electron chi connectivity index (χ2n) is 7.56. The van der Waals surface area contributed by atoms with Crippen molar-refractivity contribution in [3.8, 4) is 33.8 Å². The predicted molar refractivity (Wildman–Crippen MR) is 135 cm³/mol. The monoisotopic (exact) mass is 444 g/mol. The molecule has 0 unspecified atom stereocenters. The summed E-state index contributed by atoms with van der Waals surface area (Å²) in [6.45, 7) is 11.7. The number of hydrogen-bond donors (Lipinski definition) is 0. The Balaban J connectivity index is 1.58. The zero-order chi connectivity index (χ0) is 23.3. The van der Waals surface area contributed by atoms with Crippen LogP contribution in [0.1, 0.15) is 18.4 Å². The summed E-state index contributed by atoms with van der Waals surface area (Å²) in [6, 6.07) is 23.0. The fraction of sp³-hybridized carbons (Fsp3) is 0.241. The van der Waals surface area contributed by atoms with Gasteiger partial charge in [-0.25, -0.2) is 0 Å². The first-order valence-electron chi connectivity index (χ1n) is 11.2. The van der Waals surface area contributed by atoms with Crippen molar-refractivity contribution >= 4 is 0 Å². The Kier molecular flexibility index (Phi) is 9.46. The molecule has 4 nitrogen and oxygen atoms in total. The molecule has 0 aromatic heterocycles. The Hall–Kier alpha value is -3.66. The molecule has 0 aliphatic heterocycles. The Labute approximate surface area is 197 Å². The van der Waals surface area contributed by atoms with Crippen LogP contribution >= 0.6 is 0 Å². The fourth-order valence-electron chi connectivity index (χ4n) is 3.47. The van der Waals surface area contributed by atoms with E-state index in [1.165, 1.54) is 34.8 Å². The van der Waals surface area contributed by atoms with Gasteiger partial charge in [0.05, 0.1) is 39.0 Å². The zero-order valence-corrected chi connectivity index (χ0v) is 19.3. The molecule has 3 rings (SSSR count). The first-order chi connectivity index (χ1) is 16.2. The normalized spacial score (nSPS) is 10.3. The molecule has 0 saturated carbocycles. The third kappa shape index (κ3) is 7.46. The topological polar surface area (TPSA) is 36.9 Å². The molecular weight excluding hydrogens is 412 g/mol. The Morgan fingerprint density at radius 2 is 1.09 bits per heavy atom. The van der Waals surface area contributed by atoms with E-state index in [0.717, 1.165) is 29.9 Å². The number of benzene rings is 3. The summed E-state index contributed by atoms with van der Waals surface area (Å²) in [5.41, 5.74) is 5.96. The van der Waals surface area contributed by atoms with E-state index in [2.05, 4.69) is 62.5 Å². The molecule has 0 N–H and O–H groups in total. The number of rotatable bonds is 14. The third-order valence-corrected chi connectivity index (χ3v) is 5.17. The minimum Gasteiger partial charge on any atom is -0.502 e. The van der Waals surface area contributed by atoms with Gasteiger partial charge in [0.2, 0.25) is 0 Å². The molecule has 0 spiro atoms. The van der Waals surface area contributed by atoms with Crippen molar-refractivity contribution in [2.75, 3.05) is 26.4 Å². The Bertz CT molecular complexity index is 1010. The molecular formula is C29H32O4. The average molecular weight is 445 g/mol. The molecule has 3 aromatic rings. The molecule has 0 aliphatic rings. The lowest BCUT2D eigenvalue weighted by atomic mass is 9.96. The molecule has 0 heterocycles. The third-order valence-electron chi connectivity index (χ3n) is 5.17. The number of ether oxygens (including phenoxy) is 4. The minimum absolute atomic E-state index is 0.619. The van der Waals surface area contributed by atoms with Gasteiger partial charge >= 0.3 is 0 Å². The van der Waals surface area contributed by atoms with Crippen LogP contribution in [0.4, 0.5) is 0 Å². The quantitative estimate of drug-likeness (QED) is 0.195. The van der Waals surface area contributed by atoms with Crippen molar-refractivity contribution in [2.24, 2.45) is 0 Å². The fourth-order valence-corrected chi connectivity index (χ4v) is 3.47. The van der Waals surface area contributed by atoms with E-state index in [1.807, 2.05) is 24.3 Å². The van der Waals surface area contributed by atoms with Crippen molar-refractivity contribution < 1.29 is 18.9 Å². The highest BCUT2D eigenvalue weighted by Crippen LogP contribution is 2.30. The minimum atomic E-state index is 0.619. The summed E-state index contributed by atoms with van der Waals surface area (Å²) in [5, 5.41) is 0. The largest absolute Gasteiger partial charge is 0.502 e. The van der Waals surface area contributed by atoms with E-state index < -0.39 is 0 Å². The van der Waals surface area contributed by atoms with Crippen LogP contribution in [0.15, 0.2) is 92.4 Å². The van der Waals surface area contributed by atoms with E-state index in [1.54, 1.807) is 0 Å². The second-order valence-corrected chi connectivity index (χ2v) is 7.56. The molecule has 0 amide bonds. The number of hydrogen-bond acceptors (Lipinski definition) is 4. The van der Waals surface area contributed by atoms with Crippen LogP contribution < -0.4 is 9.47 Å². The van der Waals surface area contributed by atoms with Gasteiger partial charge in [-0.05, 0) is 59.0 Å². The van der Waals surface area contributed by atoms with Gasteiger partial charge in [-0.1, -0.05) is 55.6 Å². The van der Waals surface area contributed by atoms with E-state index in [0.29, 0.717) is 26.4 Å². The maximum atomic E-state index is 5.77. The number of aryl methyl sites for hydroxylation is 1. The van der Waals surface area contributed by atoms with Crippen molar-refractivity contribution in [2.45, 2.75) is 19.8 Å². The molecule has 0 aliphatic carbocycles. The van der Waals surface area contributed by atoms with Crippen molar-refractivity contribution in [3.05, 3.63) is 98.0 Å².